The minimum Gasteiger partial charge on any atom is -0.333 e. The maximum Gasteiger partial charge on any atom is 0.257 e. The summed E-state index contributed by atoms with van der Waals surface area (Å²) in [5.74, 6) is -0.807. The highest BCUT2D eigenvalue weighted by Gasteiger charge is 2.25. The number of halogens is 1. The number of hydrogen-bond acceptors (Lipinski definition) is 4. The molecule has 2 aromatic heterocycles. The van der Waals surface area contributed by atoms with Gasteiger partial charge in [-0.3, -0.25) is 9.48 Å². The molecule has 0 aliphatic carbocycles. The first-order chi connectivity index (χ1) is 12.2. The Labute approximate surface area is 143 Å². The van der Waals surface area contributed by atoms with E-state index in [1.54, 1.807) is 27.9 Å². The number of carbonyl (C=O) groups is 1. The molecule has 8 heteroatoms. The Morgan fingerprint density at radius 2 is 2.08 bits per heavy atom. The Kier molecular flexibility index (Phi) is 4.01. The summed E-state index contributed by atoms with van der Waals surface area (Å²) in [5, 5.41) is 12.6. The molecule has 0 bridgehead atoms. The smallest absolute Gasteiger partial charge is 0.257 e. The molecule has 0 unspecified atom stereocenters. The number of rotatable bonds is 3. The van der Waals surface area contributed by atoms with Gasteiger partial charge in [-0.2, -0.15) is 5.10 Å². The third-order valence-corrected chi connectivity index (χ3v) is 4.32. The van der Waals surface area contributed by atoms with Crippen LogP contribution in [0.4, 0.5) is 4.39 Å². The van der Waals surface area contributed by atoms with Crippen molar-refractivity contribution in [3.05, 3.63) is 65.5 Å². The molecule has 0 atom stereocenters. The third kappa shape index (κ3) is 3.02. The predicted octanol–water partition coefficient (Wildman–Crippen LogP) is 1.71. The van der Waals surface area contributed by atoms with Gasteiger partial charge in [0, 0.05) is 25.5 Å². The van der Waals surface area contributed by atoms with Crippen LogP contribution < -0.4 is 0 Å². The van der Waals surface area contributed by atoms with Crippen LogP contribution >= 0.6 is 0 Å². The summed E-state index contributed by atoms with van der Waals surface area (Å²) >= 11 is 0. The van der Waals surface area contributed by atoms with Crippen LogP contribution in [0, 0.1) is 5.82 Å². The highest BCUT2D eigenvalue weighted by atomic mass is 19.1. The van der Waals surface area contributed by atoms with Crippen molar-refractivity contribution in [1.82, 2.24) is 29.7 Å². The van der Waals surface area contributed by atoms with Crippen molar-refractivity contribution in [2.75, 3.05) is 6.54 Å². The number of aryl methyl sites for hydroxylation is 1. The standard InChI is InChI=1S/C17H17FN6O/c18-14-6-2-1-5-13(14)17(25)22-8-4-10-24-16(12-22)15(20-21-24)11-23-9-3-7-19-23/h1-3,5-7,9H,4,8,10-12H2. The molecule has 4 rings (SSSR count). The van der Waals surface area contributed by atoms with Gasteiger partial charge in [-0.25, -0.2) is 9.07 Å². The highest BCUT2D eigenvalue weighted by Crippen LogP contribution is 2.19. The number of aromatic nitrogens is 5. The topological polar surface area (TPSA) is 68.8 Å². The van der Waals surface area contributed by atoms with Crippen LogP contribution in [0.25, 0.3) is 0 Å². The Balaban J connectivity index is 1.61. The van der Waals surface area contributed by atoms with Crippen LogP contribution in [0.2, 0.25) is 0 Å². The summed E-state index contributed by atoms with van der Waals surface area (Å²) in [5.41, 5.74) is 1.74. The molecule has 0 spiro atoms. The zero-order chi connectivity index (χ0) is 17.2. The molecule has 25 heavy (non-hydrogen) atoms. The van der Waals surface area contributed by atoms with Crippen LogP contribution in [-0.4, -0.2) is 42.1 Å². The van der Waals surface area contributed by atoms with E-state index in [0.29, 0.717) is 26.2 Å². The van der Waals surface area contributed by atoms with Gasteiger partial charge in [0.05, 0.1) is 24.3 Å². The molecule has 3 aromatic rings. The van der Waals surface area contributed by atoms with E-state index in [0.717, 1.165) is 17.8 Å². The molecule has 7 nitrogen and oxygen atoms in total. The minimum atomic E-state index is -0.500. The normalized spacial score (nSPS) is 14.2. The second kappa shape index (κ2) is 6.46. The fraction of sp³-hybridized carbons (Fsp3) is 0.294. The van der Waals surface area contributed by atoms with Gasteiger partial charge in [0.1, 0.15) is 11.5 Å². The van der Waals surface area contributed by atoms with Crippen LogP contribution in [0.1, 0.15) is 28.2 Å². The molecule has 3 heterocycles. The Bertz CT molecular complexity index is 888. The molecule has 0 radical (unpaired) electrons. The first-order valence-corrected chi connectivity index (χ1v) is 8.15. The van der Waals surface area contributed by atoms with E-state index in [1.807, 2.05) is 16.9 Å². The maximum absolute atomic E-state index is 14.0. The third-order valence-electron chi connectivity index (χ3n) is 4.32. The molecular formula is C17H17FN6O. The van der Waals surface area contributed by atoms with Gasteiger partial charge in [-0.05, 0) is 24.6 Å². The average Bonchev–Trinajstić information content (AvgIpc) is 3.20. The second-order valence-corrected chi connectivity index (χ2v) is 5.97. The molecule has 1 amide bonds. The number of benzene rings is 1. The van der Waals surface area contributed by atoms with Gasteiger partial charge in [-0.15, -0.1) is 5.10 Å². The fourth-order valence-corrected chi connectivity index (χ4v) is 3.04. The first-order valence-electron chi connectivity index (χ1n) is 8.15. The molecular weight excluding hydrogens is 323 g/mol. The lowest BCUT2D eigenvalue weighted by Crippen LogP contribution is -2.31. The van der Waals surface area contributed by atoms with Crippen LogP contribution in [0.5, 0.6) is 0 Å². The van der Waals surface area contributed by atoms with Gasteiger partial charge in [0.25, 0.3) is 5.91 Å². The van der Waals surface area contributed by atoms with Gasteiger partial charge >= 0.3 is 0 Å². The summed E-state index contributed by atoms with van der Waals surface area (Å²) in [6, 6.07) is 7.91. The van der Waals surface area contributed by atoms with Gasteiger partial charge in [-0.1, -0.05) is 17.3 Å². The minimum absolute atomic E-state index is 0.0945. The molecule has 1 aliphatic rings. The lowest BCUT2D eigenvalue weighted by Gasteiger charge is -2.20. The van der Waals surface area contributed by atoms with Crippen LogP contribution in [0.15, 0.2) is 42.7 Å². The Morgan fingerprint density at radius 1 is 1.20 bits per heavy atom. The summed E-state index contributed by atoms with van der Waals surface area (Å²) < 4.78 is 17.6. The summed E-state index contributed by atoms with van der Waals surface area (Å²) in [7, 11) is 0. The van der Waals surface area contributed by atoms with Crippen molar-refractivity contribution in [2.45, 2.75) is 26.1 Å². The average molecular weight is 340 g/mol. The molecule has 0 N–H and O–H groups in total. The number of hydrogen-bond donors (Lipinski definition) is 0. The number of nitrogens with zero attached hydrogens (tertiary/aromatic N) is 6. The van der Waals surface area contributed by atoms with E-state index in [4.69, 9.17) is 0 Å². The predicted molar refractivity (Wildman–Crippen MR) is 87.1 cm³/mol. The maximum atomic E-state index is 14.0. The van der Waals surface area contributed by atoms with Crippen LogP contribution in [0.3, 0.4) is 0 Å². The second-order valence-electron chi connectivity index (χ2n) is 5.97. The molecule has 1 aliphatic heterocycles. The highest BCUT2D eigenvalue weighted by molar-refractivity contribution is 5.94. The van der Waals surface area contributed by atoms with E-state index >= 15 is 0 Å². The molecule has 0 fully saturated rings. The largest absolute Gasteiger partial charge is 0.333 e. The number of carbonyl (C=O) groups excluding carboxylic acids is 1. The first kappa shape index (κ1) is 15.5. The van der Waals surface area contributed by atoms with Gasteiger partial charge in [0.2, 0.25) is 0 Å². The Hall–Kier alpha value is -3.03. The SMILES string of the molecule is O=C(c1ccccc1F)N1CCCn2nnc(Cn3cccn3)c2C1. The summed E-state index contributed by atoms with van der Waals surface area (Å²) in [6.07, 6.45) is 4.30. The van der Waals surface area contributed by atoms with E-state index in [2.05, 4.69) is 15.4 Å². The van der Waals surface area contributed by atoms with Crippen LogP contribution in [-0.2, 0) is 19.6 Å². The van der Waals surface area contributed by atoms with Gasteiger partial charge in [0.15, 0.2) is 0 Å². The Morgan fingerprint density at radius 3 is 2.88 bits per heavy atom. The van der Waals surface area contributed by atoms with E-state index in [1.165, 1.54) is 12.1 Å². The van der Waals surface area contributed by atoms with E-state index in [9.17, 15) is 9.18 Å². The lowest BCUT2D eigenvalue weighted by molar-refractivity contribution is 0.0740. The summed E-state index contributed by atoms with van der Waals surface area (Å²) in [6.45, 7) is 2.08. The zero-order valence-electron chi connectivity index (χ0n) is 13.5. The summed E-state index contributed by atoms with van der Waals surface area (Å²) in [4.78, 5) is 14.4. The van der Waals surface area contributed by atoms with E-state index < -0.39 is 5.82 Å². The molecule has 0 saturated heterocycles. The lowest BCUT2D eigenvalue weighted by atomic mass is 10.1. The molecule has 128 valence electrons. The number of fused-ring (bicyclic) bond motifs is 1. The van der Waals surface area contributed by atoms with Crippen molar-refractivity contribution in [1.29, 1.82) is 0 Å². The van der Waals surface area contributed by atoms with Crippen molar-refractivity contribution in [3.63, 3.8) is 0 Å². The zero-order valence-corrected chi connectivity index (χ0v) is 13.5. The monoisotopic (exact) mass is 340 g/mol. The quantitative estimate of drug-likeness (QED) is 0.728. The number of amides is 1. The van der Waals surface area contributed by atoms with Crippen molar-refractivity contribution < 1.29 is 9.18 Å². The van der Waals surface area contributed by atoms with Crippen molar-refractivity contribution in [3.8, 4) is 0 Å². The molecule has 1 aromatic carbocycles. The van der Waals surface area contributed by atoms with Crippen molar-refractivity contribution >= 4 is 5.91 Å². The molecule has 0 saturated carbocycles. The van der Waals surface area contributed by atoms with Gasteiger partial charge < -0.3 is 4.90 Å². The van der Waals surface area contributed by atoms with E-state index in [-0.39, 0.29) is 11.5 Å². The van der Waals surface area contributed by atoms with Crippen molar-refractivity contribution in [2.24, 2.45) is 0 Å². The fourth-order valence-electron chi connectivity index (χ4n) is 3.04.